The molecule has 4 rings (SSSR count). The number of aromatic amines is 1. The number of para-hydroxylation sites is 1. The van der Waals surface area contributed by atoms with Gasteiger partial charge in [-0.1, -0.05) is 6.07 Å². The number of aliphatic hydroxyl groups is 1. The van der Waals surface area contributed by atoms with Crippen LogP contribution in [-0.4, -0.2) is 37.6 Å². The van der Waals surface area contributed by atoms with E-state index in [1.807, 2.05) is 17.8 Å². The third-order valence-electron chi connectivity index (χ3n) is 5.47. The number of benzene rings is 1. The minimum Gasteiger partial charge on any atom is -0.385 e. The number of rotatable bonds is 4. The first kappa shape index (κ1) is 17.9. The molecule has 7 heteroatoms. The standard InChI is InChI=1S/C20H23FN4O2/c1-24-10-7-22-20(24)19(27)13-5-8-25(9-6-13)12-14-11-17(26)15-3-2-4-16(21)18(15)23-14/h2-4,7,10-11,13,19,27H,5-6,8-9,12H2,1H3,(H,23,26)/t19-/m1/s1. The maximum atomic E-state index is 14.0. The second-order valence-corrected chi connectivity index (χ2v) is 7.28. The number of fused-ring (bicyclic) bond motifs is 1. The van der Waals surface area contributed by atoms with Gasteiger partial charge in [0, 0.05) is 43.1 Å². The molecule has 3 aromatic rings. The van der Waals surface area contributed by atoms with Crippen LogP contribution in [0.25, 0.3) is 10.9 Å². The summed E-state index contributed by atoms with van der Waals surface area (Å²) in [7, 11) is 1.88. The van der Waals surface area contributed by atoms with Gasteiger partial charge in [0.15, 0.2) is 5.43 Å². The Balaban J connectivity index is 1.44. The van der Waals surface area contributed by atoms with Crippen LogP contribution in [0.4, 0.5) is 4.39 Å². The largest absolute Gasteiger partial charge is 0.385 e. The summed E-state index contributed by atoms with van der Waals surface area (Å²) in [4.78, 5) is 21.8. The number of aliphatic hydroxyl groups excluding tert-OH is 1. The van der Waals surface area contributed by atoms with E-state index < -0.39 is 11.9 Å². The van der Waals surface area contributed by atoms with Crippen molar-refractivity contribution in [2.45, 2.75) is 25.5 Å². The lowest BCUT2D eigenvalue weighted by Gasteiger charge is -2.33. The third kappa shape index (κ3) is 3.52. The smallest absolute Gasteiger partial charge is 0.189 e. The van der Waals surface area contributed by atoms with Gasteiger partial charge < -0.3 is 14.7 Å². The lowest BCUT2D eigenvalue weighted by Crippen LogP contribution is -2.36. The van der Waals surface area contributed by atoms with Gasteiger partial charge in [0.2, 0.25) is 0 Å². The van der Waals surface area contributed by atoms with Gasteiger partial charge in [-0.05, 0) is 44.0 Å². The topological polar surface area (TPSA) is 74.2 Å². The van der Waals surface area contributed by atoms with Crippen LogP contribution in [0.3, 0.4) is 0 Å². The molecule has 2 N–H and O–H groups in total. The first-order valence-electron chi connectivity index (χ1n) is 9.21. The van der Waals surface area contributed by atoms with Crippen LogP contribution in [0.2, 0.25) is 0 Å². The van der Waals surface area contributed by atoms with Crippen molar-refractivity contribution in [3.63, 3.8) is 0 Å². The molecule has 3 heterocycles. The Morgan fingerprint density at radius 2 is 2.15 bits per heavy atom. The fourth-order valence-corrected chi connectivity index (χ4v) is 3.91. The van der Waals surface area contributed by atoms with Gasteiger partial charge in [-0.3, -0.25) is 9.69 Å². The zero-order valence-electron chi connectivity index (χ0n) is 15.2. The third-order valence-corrected chi connectivity index (χ3v) is 5.47. The van der Waals surface area contributed by atoms with Crippen molar-refractivity contribution < 1.29 is 9.50 Å². The highest BCUT2D eigenvalue weighted by Gasteiger charge is 2.28. The van der Waals surface area contributed by atoms with Gasteiger partial charge >= 0.3 is 0 Å². The molecule has 0 amide bonds. The van der Waals surface area contributed by atoms with E-state index in [0.29, 0.717) is 23.4 Å². The first-order valence-corrected chi connectivity index (χ1v) is 9.21. The van der Waals surface area contributed by atoms with Crippen LogP contribution in [0, 0.1) is 11.7 Å². The summed E-state index contributed by atoms with van der Waals surface area (Å²) in [5.41, 5.74) is 0.805. The number of hydrogen-bond acceptors (Lipinski definition) is 4. The average molecular weight is 370 g/mol. The second kappa shape index (κ2) is 7.25. The van der Waals surface area contributed by atoms with Gasteiger partial charge in [-0.15, -0.1) is 0 Å². The Labute approximate surface area is 156 Å². The molecule has 0 spiro atoms. The van der Waals surface area contributed by atoms with Crippen LogP contribution in [0.15, 0.2) is 41.5 Å². The minimum absolute atomic E-state index is 0.162. The van der Waals surface area contributed by atoms with Crippen LogP contribution in [0.1, 0.15) is 30.5 Å². The maximum absolute atomic E-state index is 14.0. The maximum Gasteiger partial charge on any atom is 0.189 e. The highest BCUT2D eigenvalue weighted by Crippen LogP contribution is 2.30. The molecule has 142 valence electrons. The number of halogens is 1. The lowest BCUT2D eigenvalue weighted by molar-refractivity contribution is 0.0489. The minimum atomic E-state index is -0.568. The molecule has 0 radical (unpaired) electrons. The zero-order valence-corrected chi connectivity index (χ0v) is 15.2. The van der Waals surface area contributed by atoms with Crippen molar-refractivity contribution in [1.29, 1.82) is 0 Å². The van der Waals surface area contributed by atoms with E-state index in [2.05, 4.69) is 14.9 Å². The van der Waals surface area contributed by atoms with E-state index in [9.17, 15) is 14.3 Å². The number of nitrogens with zero attached hydrogens (tertiary/aromatic N) is 3. The molecule has 27 heavy (non-hydrogen) atoms. The predicted octanol–water partition coefficient (Wildman–Crippen LogP) is 2.35. The fourth-order valence-electron chi connectivity index (χ4n) is 3.91. The fraction of sp³-hybridized carbons (Fsp3) is 0.400. The van der Waals surface area contributed by atoms with E-state index >= 15 is 0 Å². The van der Waals surface area contributed by atoms with Crippen LogP contribution >= 0.6 is 0 Å². The van der Waals surface area contributed by atoms with E-state index in [4.69, 9.17) is 0 Å². The summed E-state index contributed by atoms with van der Waals surface area (Å²) in [6.07, 6.45) is 4.66. The normalized spacial score (nSPS) is 17.4. The monoisotopic (exact) mass is 370 g/mol. The van der Waals surface area contributed by atoms with Gasteiger partial charge in [-0.2, -0.15) is 0 Å². The molecule has 0 unspecified atom stereocenters. The van der Waals surface area contributed by atoms with Crippen molar-refractivity contribution in [3.8, 4) is 0 Å². The lowest BCUT2D eigenvalue weighted by atomic mass is 9.90. The Bertz CT molecular complexity index is 1000. The number of H-pyrrole nitrogens is 1. The Morgan fingerprint density at radius 1 is 1.37 bits per heavy atom. The number of hydrogen-bond donors (Lipinski definition) is 2. The quantitative estimate of drug-likeness (QED) is 0.739. The molecule has 0 aliphatic carbocycles. The van der Waals surface area contributed by atoms with E-state index in [1.54, 1.807) is 24.4 Å². The number of imidazole rings is 1. The molecule has 1 aliphatic heterocycles. The van der Waals surface area contributed by atoms with Crippen LogP contribution < -0.4 is 5.43 Å². The zero-order chi connectivity index (χ0) is 19.0. The predicted molar refractivity (Wildman–Crippen MR) is 101 cm³/mol. The van der Waals surface area contributed by atoms with Crippen molar-refractivity contribution in [2.24, 2.45) is 13.0 Å². The molecular weight excluding hydrogens is 347 g/mol. The Morgan fingerprint density at radius 3 is 2.85 bits per heavy atom. The van der Waals surface area contributed by atoms with Crippen LogP contribution in [-0.2, 0) is 13.6 Å². The molecule has 0 saturated carbocycles. The summed E-state index contributed by atoms with van der Waals surface area (Å²) in [6, 6.07) is 6.08. The van der Waals surface area contributed by atoms with Gasteiger partial charge in [0.05, 0.1) is 5.52 Å². The van der Waals surface area contributed by atoms with Gasteiger partial charge in [0.1, 0.15) is 17.7 Å². The molecule has 0 bridgehead atoms. The molecule has 6 nitrogen and oxygen atoms in total. The molecular formula is C20H23FN4O2. The molecule has 1 aliphatic rings. The molecule has 1 aromatic carbocycles. The number of aryl methyl sites for hydroxylation is 1. The van der Waals surface area contributed by atoms with E-state index in [0.717, 1.165) is 25.9 Å². The highest BCUT2D eigenvalue weighted by atomic mass is 19.1. The SMILES string of the molecule is Cn1ccnc1[C@H](O)C1CCN(Cc2cc(=O)c3cccc(F)c3[nH]2)CC1. The number of likely N-dealkylation sites (tertiary alicyclic amines) is 1. The Kier molecular flexibility index (Phi) is 4.80. The summed E-state index contributed by atoms with van der Waals surface area (Å²) in [5.74, 6) is 0.446. The summed E-state index contributed by atoms with van der Waals surface area (Å²) in [5, 5.41) is 11.0. The molecule has 1 saturated heterocycles. The number of nitrogens with one attached hydrogen (secondary N) is 1. The van der Waals surface area contributed by atoms with E-state index in [1.165, 1.54) is 6.07 Å². The molecule has 1 atom stereocenters. The van der Waals surface area contributed by atoms with Gasteiger partial charge in [-0.25, -0.2) is 9.37 Å². The van der Waals surface area contributed by atoms with Crippen molar-refractivity contribution in [2.75, 3.05) is 13.1 Å². The summed E-state index contributed by atoms with van der Waals surface area (Å²) in [6.45, 7) is 2.18. The van der Waals surface area contributed by atoms with Crippen molar-refractivity contribution in [1.82, 2.24) is 19.4 Å². The highest BCUT2D eigenvalue weighted by molar-refractivity contribution is 5.78. The summed E-state index contributed by atoms with van der Waals surface area (Å²) < 4.78 is 15.9. The number of piperidine rings is 1. The second-order valence-electron chi connectivity index (χ2n) is 7.28. The van der Waals surface area contributed by atoms with Crippen molar-refractivity contribution in [3.05, 3.63) is 64.2 Å². The average Bonchev–Trinajstić information content (AvgIpc) is 3.09. The molecule has 1 fully saturated rings. The number of pyridine rings is 1. The van der Waals surface area contributed by atoms with E-state index in [-0.39, 0.29) is 16.9 Å². The summed E-state index contributed by atoms with van der Waals surface area (Å²) >= 11 is 0. The van der Waals surface area contributed by atoms with Crippen LogP contribution in [0.5, 0.6) is 0 Å². The Hall–Kier alpha value is -2.51. The first-order chi connectivity index (χ1) is 13.0. The van der Waals surface area contributed by atoms with Crippen molar-refractivity contribution >= 4 is 10.9 Å². The molecule has 2 aromatic heterocycles. The van der Waals surface area contributed by atoms with Gasteiger partial charge in [0.25, 0.3) is 0 Å². The number of aromatic nitrogens is 3.